The highest BCUT2D eigenvalue weighted by atomic mass is 16.6. The van der Waals surface area contributed by atoms with Gasteiger partial charge in [-0.15, -0.1) is 0 Å². The summed E-state index contributed by atoms with van der Waals surface area (Å²) >= 11 is 0. The third-order valence-corrected chi connectivity index (χ3v) is 4.91. The van der Waals surface area contributed by atoms with Gasteiger partial charge in [0.2, 0.25) is 0 Å². The first kappa shape index (κ1) is 24.0. The molecule has 0 atom stereocenters. The molecule has 0 aromatic carbocycles. The summed E-state index contributed by atoms with van der Waals surface area (Å²) in [5.74, 6) is 0.816. The zero-order valence-electron chi connectivity index (χ0n) is 19.5. The molecule has 1 aliphatic rings. The molecule has 0 saturated carbocycles. The number of amides is 1. The van der Waals surface area contributed by atoms with E-state index in [2.05, 4.69) is 38.6 Å². The molecule has 0 unspecified atom stereocenters. The lowest BCUT2D eigenvalue weighted by Gasteiger charge is -2.35. The van der Waals surface area contributed by atoms with Crippen LogP contribution in [0.3, 0.4) is 0 Å². The first-order valence-corrected chi connectivity index (χ1v) is 10.8. The van der Waals surface area contributed by atoms with E-state index >= 15 is 0 Å². The van der Waals surface area contributed by atoms with E-state index in [1.165, 1.54) is 5.69 Å². The molecule has 1 fully saturated rings. The topological polar surface area (TPSA) is 87.0 Å². The summed E-state index contributed by atoms with van der Waals surface area (Å²) in [6, 6.07) is 2.10. The summed E-state index contributed by atoms with van der Waals surface area (Å²) in [4.78, 5) is 20.6. The Labute approximate surface area is 180 Å². The number of nitrogens with one attached hydrogen (secondary N) is 2. The summed E-state index contributed by atoms with van der Waals surface area (Å²) < 4.78 is 7.49. The normalized spacial score (nSPS) is 15.9. The first-order valence-electron chi connectivity index (χ1n) is 10.8. The predicted molar refractivity (Wildman–Crippen MR) is 120 cm³/mol. The number of hydrogen-bond acceptors (Lipinski definition) is 5. The van der Waals surface area contributed by atoms with Crippen LogP contribution in [0.4, 0.5) is 4.79 Å². The SMILES string of the molecule is CN=C(NCCCn1nc(C)cc1C)NCCN1CCN(C(=O)OC(C)(C)C)CC1. The molecule has 170 valence electrons. The van der Waals surface area contributed by atoms with Gasteiger partial charge in [-0.3, -0.25) is 14.6 Å². The maximum atomic E-state index is 12.1. The summed E-state index contributed by atoms with van der Waals surface area (Å²) in [5, 5.41) is 11.2. The van der Waals surface area contributed by atoms with Gasteiger partial charge in [0.25, 0.3) is 0 Å². The molecule has 9 nitrogen and oxygen atoms in total. The zero-order valence-corrected chi connectivity index (χ0v) is 19.5. The van der Waals surface area contributed by atoms with Crippen LogP contribution in [0.25, 0.3) is 0 Å². The van der Waals surface area contributed by atoms with E-state index < -0.39 is 5.60 Å². The molecule has 1 aliphatic heterocycles. The quantitative estimate of drug-likeness (QED) is 0.395. The lowest BCUT2D eigenvalue weighted by atomic mass is 10.2. The Balaban J connectivity index is 1.59. The van der Waals surface area contributed by atoms with E-state index in [9.17, 15) is 4.79 Å². The Morgan fingerprint density at radius 1 is 1.13 bits per heavy atom. The van der Waals surface area contributed by atoms with E-state index in [-0.39, 0.29) is 6.09 Å². The fourth-order valence-corrected chi connectivity index (χ4v) is 3.37. The van der Waals surface area contributed by atoms with Crippen LogP contribution >= 0.6 is 0 Å². The smallest absolute Gasteiger partial charge is 0.410 e. The molecule has 0 bridgehead atoms. The van der Waals surface area contributed by atoms with Crippen LogP contribution in [0.15, 0.2) is 11.1 Å². The van der Waals surface area contributed by atoms with Crippen LogP contribution in [0.1, 0.15) is 38.6 Å². The fourth-order valence-electron chi connectivity index (χ4n) is 3.37. The van der Waals surface area contributed by atoms with Gasteiger partial charge in [0.1, 0.15) is 5.60 Å². The van der Waals surface area contributed by atoms with Gasteiger partial charge in [-0.2, -0.15) is 5.10 Å². The van der Waals surface area contributed by atoms with Crippen LogP contribution in [0.2, 0.25) is 0 Å². The van der Waals surface area contributed by atoms with Crippen molar-refractivity contribution in [3.05, 3.63) is 17.5 Å². The highest BCUT2D eigenvalue weighted by Crippen LogP contribution is 2.11. The zero-order chi connectivity index (χ0) is 22.1. The number of aliphatic imine (C=N–C) groups is 1. The number of carbonyl (C=O) groups is 1. The Bertz CT molecular complexity index is 701. The van der Waals surface area contributed by atoms with Gasteiger partial charge >= 0.3 is 6.09 Å². The lowest BCUT2D eigenvalue weighted by Crippen LogP contribution is -2.51. The number of carbonyl (C=O) groups excluding carboxylic acids is 1. The maximum absolute atomic E-state index is 12.1. The van der Waals surface area contributed by atoms with Gasteiger partial charge in [0.05, 0.1) is 5.69 Å². The van der Waals surface area contributed by atoms with E-state index in [1.54, 1.807) is 11.9 Å². The molecule has 1 aromatic heterocycles. The molecule has 0 radical (unpaired) electrons. The standard InChI is InChI=1S/C21H39N7O2/c1-17-16-18(2)28(25-17)10-7-8-23-19(22-6)24-9-11-26-12-14-27(15-13-26)20(29)30-21(3,4)5/h16H,7-15H2,1-6H3,(H2,22,23,24). The van der Waals surface area contributed by atoms with Crippen molar-refractivity contribution in [2.45, 2.75) is 53.2 Å². The van der Waals surface area contributed by atoms with Gasteiger partial charge in [-0.25, -0.2) is 4.79 Å². The van der Waals surface area contributed by atoms with Crippen molar-refractivity contribution < 1.29 is 9.53 Å². The van der Waals surface area contributed by atoms with Gasteiger partial charge in [-0.1, -0.05) is 0 Å². The minimum Gasteiger partial charge on any atom is -0.444 e. The third kappa shape index (κ3) is 8.22. The molecule has 2 rings (SSSR count). The van der Waals surface area contributed by atoms with Crippen molar-refractivity contribution in [2.75, 3.05) is 52.9 Å². The lowest BCUT2D eigenvalue weighted by molar-refractivity contribution is 0.0147. The maximum Gasteiger partial charge on any atom is 0.410 e. The summed E-state index contributed by atoms with van der Waals surface area (Å²) in [6.07, 6.45) is 0.764. The number of ether oxygens (including phenoxy) is 1. The molecular formula is C21H39N7O2. The Morgan fingerprint density at radius 2 is 1.80 bits per heavy atom. The van der Waals surface area contributed by atoms with Crippen LogP contribution in [-0.4, -0.2) is 90.1 Å². The highest BCUT2D eigenvalue weighted by molar-refractivity contribution is 5.79. The van der Waals surface area contributed by atoms with Crippen molar-refractivity contribution in [3.8, 4) is 0 Å². The number of aromatic nitrogens is 2. The second-order valence-corrected chi connectivity index (χ2v) is 8.74. The molecule has 2 N–H and O–H groups in total. The molecule has 1 amide bonds. The number of hydrogen-bond donors (Lipinski definition) is 2. The molecule has 30 heavy (non-hydrogen) atoms. The molecule has 2 heterocycles. The summed E-state index contributed by atoms with van der Waals surface area (Å²) in [7, 11) is 1.79. The number of piperazine rings is 1. The average Bonchev–Trinajstić information content (AvgIpc) is 3.00. The van der Waals surface area contributed by atoms with Crippen LogP contribution < -0.4 is 10.6 Å². The van der Waals surface area contributed by atoms with Gasteiger partial charge in [-0.05, 0) is 47.1 Å². The largest absolute Gasteiger partial charge is 0.444 e. The van der Waals surface area contributed by atoms with Crippen LogP contribution in [-0.2, 0) is 11.3 Å². The second-order valence-electron chi connectivity index (χ2n) is 8.74. The average molecular weight is 422 g/mol. The van der Waals surface area contributed by atoms with Gasteiger partial charge in [0.15, 0.2) is 5.96 Å². The van der Waals surface area contributed by atoms with Crippen LogP contribution in [0, 0.1) is 13.8 Å². The van der Waals surface area contributed by atoms with Crippen molar-refractivity contribution in [1.82, 2.24) is 30.2 Å². The second kappa shape index (κ2) is 11.2. The Hall–Kier alpha value is -2.29. The molecule has 9 heteroatoms. The molecule has 0 aliphatic carbocycles. The summed E-state index contributed by atoms with van der Waals surface area (Å²) in [6.45, 7) is 16.4. The fraction of sp³-hybridized carbons (Fsp3) is 0.762. The number of guanidine groups is 1. The van der Waals surface area contributed by atoms with E-state index in [0.717, 1.165) is 57.3 Å². The van der Waals surface area contributed by atoms with Crippen molar-refractivity contribution in [2.24, 2.45) is 4.99 Å². The first-order chi connectivity index (χ1) is 14.2. The Kier molecular flexibility index (Phi) is 8.95. The van der Waals surface area contributed by atoms with Gasteiger partial charge < -0.3 is 20.3 Å². The van der Waals surface area contributed by atoms with E-state index in [4.69, 9.17) is 4.74 Å². The number of nitrogens with zero attached hydrogens (tertiary/aromatic N) is 5. The summed E-state index contributed by atoms with van der Waals surface area (Å²) in [5.41, 5.74) is 1.81. The minimum atomic E-state index is -0.447. The highest BCUT2D eigenvalue weighted by Gasteiger charge is 2.25. The van der Waals surface area contributed by atoms with Crippen molar-refractivity contribution >= 4 is 12.1 Å². The molecule has 1 saturated heterocycles. The predicted octanol–water partition coefficient (Wildman–Crippen LogP) is 1.61. The minimum absolute atomic E-state index is 0.217. The molecule has 1 aromatic rings. The number of rotatable bonds is 7. The van der Waals surface area contributed by atoms with Crippen molar-refractivity contribution in [1.29, 1.82) is 0 Å². The monoisotopic (exact) mass is 421 g/mol. The van der Waals surface area contributed by atoms with E-state index in [0.29, 0.717) is 13.1 Å². The van der Waals surface area contributed by atoms with Gasteiger partial charge in [0, 0.05) is 65.1 Å². The molecular weight excluding hydrogens is 382 g/mol. The Morgan fingerprint density at radius 3 is 2.37 bits per heavy atom. The number of aryl methyl sites for hydroxylation is 3. The third-order valence-electron chi connectivity index (χ3n) is 4.91. The molecule has 0 spiro atoms. The van der Waals surface area contributed by atoms with E-state index in [1.807, 2.05) is 32.4 Å². The van der Waals surface area contributed by atoms with Crippen molar-refractivity contribution in [3.63, 3.8) is 0 Å². The van der Waals surface area contributed by atoms with Crippen LogP contribution in [0.5, 0.6) is 0 Å².